The molecular weight excluding hydrogens is 366 g/mol. The Kier molecular flexibility index (Phi) is 6.51. The lowest BCUT2D eigenvalue weighted by molar-refractivity contribution is 0.0765. The fourth-order valence-corrected chi connectivity index (χ4v) is 6.12. The maximum absolute atomic E-state index is 13.3. The molecule has 162 valence electrons. The van der Waals surface area contributed by atoms with Crippen molar-refractivity contribution < 1.29 is 13.5 Å². The van der Waals surface area contributed by atoms with Gasteiger partial charge in [-0.3, -0.25) is 0 Å². The van der Waals surface area contributed by atoms with Gasteiger partial charge in [-0.25, -0.2) is 8.78 Å². The van der Waals surface area contributed by atoms with Crippen molar-refractivity contribution >= 4 is 0 Å². The van der Waals surface area contributed by atoms with E-state index in [-0.39, 0.29) is 6.61 Å². The smallest absolute Gasteiger partial charge is 0.257 e. The third-order valence-corrected chi connectivity index (χ3v) is 8.40. The van der Waals surface area contributed by atoms with Gasteiger partial charge in [0.1, 0.15) is 5.75 Å². The highest BCUT2D eigenvalue weighted by atomic mass is 19.3. The Morgan fingerprint density at radius 3 is 1.97 bits per heavy atom. The monoisotopic (exact) mass is 404 g/mol. The summed E-state index contributed by atoms with van der Waals surface area (Å²) in [6, 6.07) is 8.26. The first-order chi connectivity index (χ1) is 14.0. The van der Waals surface area contributed by atoms with Crippen molar-refractivity contribution in [3.8, 4) is 5.75 Å². The van der Waals surface area contributed by atoms with E-state index in [0.717, 1.165) is 23.5 Å². The van der Waals surface area contributed by atoms with E-state index in [1.807, 2.05) is 12.1 Å². The lowest BCUT2D eigenvalue weighted by Gasteiger charge is -2.38. The van der Waals surface area contributed by atoms with Gasteiger partial charge in [-0.15, -0.1) is 0 Å². The second kappa shape index (κ2) is 8.94. The van der Waals surface area contributed by atoms with Crippen molar-refractivity contribution in [2.24, 2.45) is 29.6 Å². The molecule has 0 aliphatic heterocycles. The van der Waals surface area contributed by atoms with Gasteiger partial charge in [0.2, 0.25) is 0 Å². The van der Waals surface area contributed by atoms with Crippen LogP contribution in [0.25, 0.3) is 0 Å². The third-order valence-electron chi connectivity index (χ3n) is 8.40. The Morgan fingerprint density at radius 2 is 1.45 bits per heavy atom. The molecule has 1 aromatic carbocycles. The van der Waals surface area contributed by atoms with Gasteiger partial charge in [-0.1, -0.05) is 51.7 Å². The van der Waals surface area contributed by atoms with Crippen LogP contribution < -0.4 is 4.74 Å². The summed E-state index contributed by atoms with van der Waals surface area (Å²) < 4.78 is 32.3. The van der Waals surface area contributed by atoms with Crippen molar-refractivity contribution in [2.75, 3.05) is 6.61 Å². The van der Waals surface area contributed by atoms with E-state index < -0.39 is 17.8 Å². The molecule has 0 spiro atoms. The van der Waals surface area contributed by atoms with Crippen LogP contribution in [0.15, 0.2) is 24.3 Å². The summed E-state index contributed by atoms with van der Waals surface area (Å²) in [5.74, 6) is 0.608. The highest BCUT2D eigenvalue weighted by molar-refractivity contribution is 5.30. The molecule has 3 aliphatic carbocycles. The molecular formula is C26H38F2O. The summed E-state index contributed by atoms with van der Waals surface area (Å²) in [6.07, 6.45) is 14.0. The number of hydrogen-bond donors (Lipinski definition) is 0. The number of halogens is 2. The predicted molar refractivity (Wildman–Crippen MR) is 115 cm³/mol. The third kappa shape index (κ3) is 4.80. The molecule has 0 saturated heterocycles. The summed E-state index contributed by atoms with van der Waals surface area (Å²) >= 11 is 0. The Balaban J connectivity index is 1.21. The maximum atomic E-state index is 13.3. The van der Waals surface area contributed by atoms with Crippen LogP contribution in [0.1, 0.15) is 89.5 Å². The van der Waals surface area contributed by atoms with E-state index in [9.17, 15) is 8.78 Å². The fraction of sp³-hybridized carbons (Fsp3) is 0.769. The van der Waals surface area contributed by atoms with Gasteiger partial charge in [0.15, 0.2) is 0 Å². The lowest BCUT2D eigenvalue weighted by Crippen LogP contribution is -2.25. The Labute approximate surface area is 175 Å². The zero-order valence-electron chi connectivity index (χ0n) is 18.2. The van der Waals surface area contributed by atoms with Crippen LogP contribution in [-0.2, 0) is 0 Å². The molecule has 3 heteroatoms. The largest absolute Gasteiger partial charge is 0.493 e. The number of ether oxygens (including phenoxy) is 1. The molecule has 4 rings (SSSR count). The highest BCUT2D eigenvalue weighted by Gasteiger charge is 2.65. The quantitative estimate of drug-likeness (QED) is 0.449. The van der Waals surface area contributed by atoms with E-state index in [0.29, 0.717) is 5.92 Å². The molecule has 1 nitrogen and oxygen atoms in total. The van der Waals surface area contributed by atoms with Gasteiger partial charge in [0.05, 0.1) is 12.5 Å². The van der Waals surface area contributed by atoms with Crippen molar-refractivity contribution in [3.63, 3.8) is 0 Å². The molecule has 0 bridgehead atoms. The van der Waals surface area contributed by atoms with Gasteiger partial charge in [0, 0.05) is 5.92 Å². The van der Waals surface area contributed by atoms with Crippen LogP contribution >= 0.6 is 0 Å². The van der Waals surface area contributed by atoms with Gasteiger partial charge < -0.3 is 4.74 Å². The molecule has 0 aromatic heterocycles. The summed E-state index contributed by atoms with van der Waals surface area (Å²) in [4.78, 5) is 0. The van der Waals surface area contributed by atoms with E-state index in [4.69, 9.17) is 4.74 Å². The molecule has 29 heavy (non-hydrogen) atoms. The minimum atomic E-state index is -2.53. The van der Waals surface area contributed by atoms with Gasteiger partial charge in [-0.05, 0) is 79.9 Å². The summed E-state index contributed by atoms with van der Waals surface area (Å²) in [5.41, 5.74) is 1.40. The molecule has 1 aromatic rings. The first-order valence-electron chi connectivity index (χ1n) is 12.1. The van der Waals surface area contributed by atoms with Gasteiger partial charge in [0.25, 0.3) is 5.92 Å². The van der Waals surface area contributed by atoms with Crippen LogP contribution in [0.3, 0.4) is 0 Å². The zero-order chi connectivity index (χ0) is 20.4. The van der Waals surface area contributed by atoms with Gasteiger partial charge >= 0.3 is 0 Å². The molecule has 3 aliphatic rings. The summed E-state index contributed by atoms with van der Waals surface area (Å²) in [6.45, 7) is 4.04. The number of benzene rings is 1. The first kappa shape index (κ1) is 21.1. The SMILES string of the molecule is CCCC1CCC(C2CCC(c3ccc(OC[C@@H]4[C@@H](C)C4(F)F)cc3)CC2)CC1. The first-order valence-corrected chi connectivity index (χ1v) is 12.1. The van der Waals surface area contributed by atoms with Crippen LogP contribution in [0, 0.1) is 29.6 Å². The number of hydrogen-bond acceptors (Lipinski definition) is 1. The van der Waals surface area contributed by atoms with Crippen LogP contribution in [-0.4, -0.2) is 12.5 Å². The van der Waals surface area contributed by atoms with E-state index >= 15 is 0 Å². The maximum Gasteiger partial charge on any atom is 0.257 e. The average molecular weight is 405 g/mol. The van der Waals surface area contributed by atoms with Crippen molar-refractivity contribution in [3.05, 3.63) is 29.8 Å². The average Bonchev–Trinajstić information content (AvgIpc) is 3.23. The highest BCUT2D eigenvalue weighted by Crippen LogP contribution is 2.54. The minimum Gasteiger partial charge on any atom is -0.493 e. The zero-order valence-corrected chi connectivity index (χ0v) is 18.2. The molecule has 3 fully saturated rings. The molecule has 0 heterocycles. The molecule has 0 amide bonds. The second-order valence-electron chi connectivity index (χ2n) is 10.1. The fourth-order valence-electron chi connectivity index (χ4n) is 6.12. The van der Waals surface area contributed by atoms with E-state index in [2.05, 4.69) is 19.1 Å². The normalized spacial score (nSPS) is 36.6. The molecule has 3 saturated carbocycles. The Morgan fingerprint density at radius 1 is 0.897 bits per heavy atom. The second-order valence-corrected chi connectivity index (χ2v) is 10.1. The summed E-state index contributed by atoms with van der Waals surface area (Å²) in [7, 11) is 0. The number of rotatable bonds is 7. The minimum absolute atomic E-state index is 0.124. The molecule has 0 radical (unpaired) electrons. The van der Waals surface area contributed by atoms with Crippen LogP contribution in [0.4, 0.5) is 8.78 Å². The van der Waals surface area contributed by atoms with Crippen LogP contribution in [0.5, 0.6) is 5.75 Å². The predicted octanol–water partition coefficient (Wildman–Crippen LogP) is 7.85. The Hall–Kier alpha value is -1.12. The standard InChI is InChI=1S/C26H38F2O/c1-3-4-19-5-7-20(8-6-19)21-9-11-22(12-10-21)23-13-15-24(16-14-23)29-17-25-18(2)26(25,27)28/h13-16,18-22,25H,3-12,17H2,1-2H3/t18-,19?,20?,21?,22?,25-/m1/s1. The van der Waals surface area contributed by atoms with Crippen molar-refractivity contribution in [2.45, 2.75) is 89.9 Å². The Bertz CT molecular complexity index is 639. The topological polar surface area (TPSA) is 9.23 Å². The van der Waals surface area contributed by atoms with E-state index in [1.54, 1.807) is 6.92 Å². The molecule has 0 N–H and O–H groups in total. The van der Waals surface area contributed by atoms with Gasteiger partial charge in [-0.2, -0.15) is 0 Å². The van der Waals surface area contributed by atoms with Crippen molar-refractivity contribution in [1.29, 1.82) is 0 Å². The summed E-state index contributed by atoms with van der Waals surface area (Å²) in [5, 5.41) is 0. The van der Waals surface area contributed by atoms with Crippen molar-refractivity contribution in [1.82, 2.24) is 0 Å². The van der Waals surface area contributed by atoms with E-state index in [1.165, 1.54) is 69.8 Å². The van der Waals surface area contributed by atoms with Crippen LogP contribution in [0.2, 0.25) is 0 Å². The number of alkyl halides is 2. The molecule has 0 unspecified atom stereocenters. The lowest BCUT2D eigenvalue weighted by atomic mass is 9.68. The molecule has 2 atom stereocenters.